The zero-order valence-electron chi connectivity index (χ0n) is 15.9. The molecule has 0 aliphatic rings. The summed E-state index contributed by atoms with van der Waals surface area (Å²) < 4.78 is 17.9. The highest BCUT2D eigenvalue weighted by Crippen LogP contribution is 2.16. The van der Waals surface area contributed by atoms with Crippen LogP contribution in [0.5, 0.6) is 0 Å². The van der Waals surface area contributed by atoms with Crippen LogP contribution in [-0.2, 0) is 13.0 Å². The third-order valence-corrected chi connectivity index (χ3v) is 4.05. The van der Waals surface area contributed by atoms with Crippen LogP contribution in [-0.4, -0.2) is 39.0 Å². The van der Waals surface area contributed by atoms with Gasteiger partial charge in [-0.15, -0.1) is 0 Å². The molecule has 0 atom stereocenters. The molecule has 0 radical (unpaired) electrons. The third-order valence-electron chi connectivity index (χ3n) is 1.35. The third kappa shape index (κ3) is 23.7. The van der Waals surface area contributed by atoms with Crippen LogP contribution in [0.3, 0.4) is 0 Å². The molecule has 0 aromatic heterocycles. The van der Waals surface area contributed by atoms with E-state index in [9.17, 15) is 0 Å². The van der Waals surface area contributed by atoms with Gasteiger partial charge < -0.3 is 13.0 Å². The molecular weight excluding hydrogens is 298 g/mol. The molecule has 0 fully saturated rings. The van der Waals surface area contributed by atoms with Crippen LogP contribution in [0.2, 0.25) is 79.4 Å². The molecule has 3 nitrogen and oxygen atoms in total. The summed E-state index contributed by atoms with van der Waals surface area (Å²) in [6.45, 7) is 26.7. The predicted octanol–water partition coefficient (Wildman–Crippen LogP) is 4.90. The Bertz CT molecular complexity index is 217. The van der Waals surface area contributed by atoms with Crippen LogP contribution in [0.25, 0.3) is 0 Å². The van der Waals surface area contributed by atoms with Crippen LogP contribution < -0.4 is 0 Å². The minimum absolute atomic E-state index is 0.454. The zero-order valence-corrected chi connectivity index (χ0v) is 18.9. The van der Waals surface area contributed by atoms with Crippen molar-refractivity contribution >= 4 is 39.0 Å². The van der Waals surface area contributed by atoms with Crippen LogP contribution in [0, 0.1) is 0 Å². The Kier molecular flexibility index (Phi) is 10.3. The fourth-order valence-electron chi connectivity index (χ4n) is 0.938. The van der Waals surface area contributed by atoms with E-state index < -0.39 is 32.3 Å². The smallest absolute Gasteiger partial charge is 0.430 e. The van der Waals surface area contributed by atoms with Crippen molar-refractivity contribution in [1.29, 1.82) is 0 Å². The van der Waals surface area contributed by atoms with Gasteiger partial charge in [0.05, 0.1) is 0 Å². The average Bonchev–Trinajstić information content (AvgIpc) is 1.88. The summed E-state index contributed by atoms with van der Waals surface area (Å²) in [5, 5.41) is 0. The summed E-state index contributed by atoms with van der Waals surface area (Å²) in [5.74, 6) is 0. The second-order valence-electron chi connectivity index (χ2n) is 8.71. The Labute approximate surface area is 131 Å². The molecule has 0 rings (SSSR count). The van der Waals surface area contributed by atoms with Gasteiger partial charge >= 0.3 is 7.32 Å². The summed E-state index contributed by atoms with van der Waals surface area (Å²) in [4.78, 5) is 0. The molecule has 0 N–H and O–H groups in total. The highest BCUT2D eigenvalue weighted by atomic mass is 28.4. The van der Waals surface area contributed by atoms with E-state index in [0.717, 1.165) is 6.71 Å². The van der Waals surface area contributed by atoms with E-state index in [4.69, 9.17) is 13.0 Å². The van der Waals surface area contributed by atoms with Crippen molar-refractivity contribution in [3.63, 3.8) is 0 Å². The van der Waals surface area contributed by atoms with Crippen molar-refractivity contribution in [3.8, 4) is 0 Å². The summed E-state index contributed by atoms with van der Waals surface area (Å²) in [6.07, 6.45) is 0. The van der Waals surface area contributed by atoms with Gasteiger partial charge in [-0.25, -0.2) is 0 Å². The molecule has 0 saturated carbocycles. The van der Waals surface area contributed by atoms with E-state index in [-0.39, 0.29) is 0 Å². The summed E-state index contributed by atoms with van der Waals surface area (Å²) >= 11 is 0. The lowest BCUT2D eigenvalue weighted by atomic mass is 9.58. The first-order chi connectivity index (χ1) is 8.52. The molecule has 0 amide bonds. The minimum Gasteiger partial charge on any atom is -0.430 e. The fourth-order valence-corrected chi connectivity index (χ4v) is 3.25. The lowest BCUT2D eigenvalue weighted by molar-refractivity contribution is 0.300. The molecular formula is C12H36B2O3Si3. The maximum Gasteiger partial charge on any atom is 0.606 e. The van der Waals surface area contributed by atoms with Gasteiger partial charge in [-0.1, -0.05) is 20.5 Å². The minimum atomic E-state index is -1.63. The Hall–Kier alpha value is 0.661. The van der Waals surface area contributed by atoms with Gasteiger partial charge in [-0.2, -0.15) is 0 Å². The van der Waals surface area contributed by atoms with Crippen LogP contribution in [0.4, 0.5) is 0 Å². The van der Waals surface area contributed by atoms with Gasteiger partial charge in [0.15, 0.2) is 25.0 Å². The van der Waals surface area contributed by atoms with Crippen LogP contribution >= 0.6 is 0 Å². The van der Waals surface area contributed by atoms with Crippen molar-refractivity contribution in [2.75, 3.05) is 0 Å². The molecule has 0 aliphatic heterocycles. The Morgan fingerprint density at radius 1 is 0.500 bits per heavy atom. The SMILES string of the molecule is CB(C)C.C[Si](C)(C)OB(O[Si](C)(C)C)O[Si](C)(C)C. The molecule has 0 spiro atoms. The number of hydrogen-bond donors (Lipinski definition) is 0. The molecule has 0 aromatic rings. The first-order valence-corrected chi connectivity index (χ1v) is 17.8. The summed E-state index contributed by atoms with van der Waals surface area (Å²) in [7, 11) is -5.33. The molecule has 0 aromatic carbocycles. The van der Waals surface area contributed by atoms with Gasteiger partial charge in [0, 0.05) is 0 Å². The molecule has 0 unspecified atom stereocenters. The summed E-state index contributed by atoms with van der Waals surface area (Å²) in [5.41, 5.74) is 0. The van der Waals surface area contributed by atoms with Crippen molar-refractivity contribution in [2.24, 2.45) is 0 Å². The topological polar surface area (TPSA) is 27.7 Å². The first kappa shape index (κ1) is 22.9. The maximum atomic E-state index is 5.95. The quantitative estimate of drug-likeness (QED) is 0.647. The van der Waals surface area contributed by atoms with Gasteiger partial charge in [-0.3, -0.25) is 0 Å². The lowest BCUT2D eigenvalue weighted by Gasteiger charge is -2.31. The van der Waals surface area contributed by atoms with E-state index in [1.54, 1.807) is 0 Å². The summed E-state index contributed by atoms with van der Waals surface area (Å²) in [6, 6.07) is 0. The van der Waals surface area contributed by atoms with E-state index in [0.29, 0.717) is 0 Å². The van der Waals surface area contributed by atoms with E-state index in [1.807, 2.05) is 0 Å². The van der Waals surface area contributed by atoms with Crippen molar-refractivity contribution in [3.05, 3.63) is 0 Å². The second kappa shape index (κ2) is 8.95. The number of rotatable bonds is 6. The lowest BCUT2D eigenvalue weighted by Crippen LogP contribution is -2.49. The highest BCUT2D eigenvalue weighted by Gasteiger charge is 2.36. The zero-order chi connectivity index (χ0) is 16.8. The molecule has 0 saturated heterocycles. The predicted molar refractivity (Wildman–Crippen MR) is 102 cm³/mol. The van der Waals surface area contributed by atoms with Gasteiger partial charge in [0.1, 0.15) is 6.71 Å². The fraction of sp³-hybridized carbons (Fsp3) is 1.00. The maximum absolute atomic E-state index is 5.95. The Morgan fingerprint density at radius 3 is 0.750 bits per heavy atom. The second-order valence-corrected chi connectivity index (χ2v) is 22.1. The molecule has 8 heteroatoms. The van der Waals surface area contributed by atoms with Gasteiger partial charge in [0.25, 0.3) is 0 Å². The highest BCUT2D eigenvalue weighted by molar-refractivity contribution is 6.83. The molecule has 120 valence electrons. The van der Waals surface area contributed by atoms with E-state index >= 15 is 0 Å². The van der Waals surface area contributed by atoms with Crippen LogP contribution in [0.1, 0.15) is 0 Å². The molecule has 0 bridgehead atoms. The van der Waals surface area contributed by atoms with E-state index in [2.05, 4.69) is 79.4 Å². The largest absolute Gasteiger partial charge is 0.606 e. The monoisotopic (exact) mass is 334 g/mol. The standard InChI is InChI=1S/C9H27BO3Si3.C3H9B/c1-14(2,3)11-10(12-15(4,5)6)13-16(7,8)9;1-4(2)3/h1-9H3;1-3H3. The van der Waals surface area contributed by atoms with E-state index in [1.165, 1.54) is 0 Å². The first-order valence-electron chi connectivity index (χ1n) is 7.55. The molecule has 20 heavy (non-hydrogen) atoms. The van der Waals surface area contributed by atoms with Crippen molar-refractivity contribution in [2.45, 2.75) is 79.4 Å². The van der Waals surface area contributed by atoms with Gasteiger partial charge in [-0.05, 0) is 58.9 Å². The molecule has 0 aliphatic carbocycles. The average molecular weight is 334 g/mol. The Balaban J connectivity index is 0. The van der Waals surface area contributed by atoms with Crippen LogP contribution in [0.15, 0.2) is 0 Å². The van der Waals surface area contributed by atoms with Gasteiger partial charge in [0.2, 0.25) is 0 Å². The Morgan fingerprint density at radius 2 is 0.650 bits per heavy atom. The normalized spacial score (nSPS) is 12.6. The molecule has 0 heterocycles. The van der Waals surface area contributed by atoms with Crippen molar-refractivity contribution in [1.82, 2.24) is 0 Å². The number of hydrogen-bond acceptors (Lipinski definition) is 3. The van der Waals surface area contributed by atoms with Crippen molar-refractivity contribution < 1.29 is 13.0 Å².